The molecular formula is C18H18N2O4S. The number of rotatable bonds is 7. The second-order valence-electron chi connectivity index (χ2n) is 6.13. The summed E-state index contributed by atoms with van der Waals surface area (Å²) < 4.78 is 0. The molecule has 2 amide bonds. The fraction of sp³-hybridized carbons (Fsp3) is 0.278. The zero-order valence-corrected chi connectivity index (χ0v) is 14.3. The Morgan fingerprint density at radius 3 is 2.32 bits per heavy atom. The molecule has 1 aromatic heterocycles. The highest BCUT2D eigenvalue weighted by atomic mass is 32.1. The molecule has 3 rings (SSSR count). The Labute approximate surface area is 148 Å². The molecule has 0 spiro atoms. The van der Waals surface area contributed by atoms with E-state index < -0.39 is 11.4 Å². The fourth-order valence-corrected chi connectivity index (χ4v) is 3.06. The van der Waals surface area contributed by atoms with Gasteiger partial charge in [0.15, 0.2) is 0 Å². The van der Waals surface area contributed by atoms with Crippen LogP contribution in [0.4, 0.5) is 0 Å². The first-order chi connectivity index (χ1) is 12.0. The van der Waals surface area contributed by atoms with Gasteiger partial charge in [-0.15, -0.1) is 11.3 Å². The molecule has 6 nitrogen and oxygen atoms in total. The highest BCUT2D eigenvalue weighted by Crippen LogP contribution is 2.45. The van der Waals surface area contributed by atoms with Crippen molar-refractivity contribution in [3.05, 3.63) is 57.8 Å². The van der Waals surface area contributed by atoms with Crippen LogP contribution < -0.4 is 10.6 Å². The smallest absolute Gasteiger partial charge is 0.311 e. The molecule has 1 saturated carbocycles. The van der Waals surface area contributed by atoms with Crippen molar-refractivity contribution in [2.24, 2.45) is 5.41 Å². The van der Waals surface area contributed by atoms with Gasteiger partial charge in [-0.05, 0) is 42.0 Å². The minimum Gasteiger partial charge on any atom is -0.481 e. The lowest BCUT2D eigenvalue weighted by atomic mass is 10.1. The van der Waals surface area contributed by atoms with Crippen LogP contribution in [0.15, 0.2) is 41.8 Å². The van der Waals surface area contributed by atoms with Crippen LogP contribution in [0.5, 0.6) is 0 Å². The quantitative estimate of drug-likeness (QED) is 0.707. The van der Waals surface area contributed by atoms with Crippen LogP contribution in [0.1, 0.15) is 38.4 Å². The molecule has 2 aromatic rings. The minimum absolute atomic E-state index is 0.125. The highest BCUT2D eigenvalue weighted by molar-refractivity contribution is 7.12. The monoisotopic (exact) mass is 358 g/mol. The molecule has 7 heteroatoms. The van der Waals surface area contributed by atoms with Gasteiger partial charge in [0.2, 0.25) is 0 Å². The molecule has 0 saturated heterocycles. The maximum atomic E-state index is 12.1. The van der Waals surface area contributed by atoms with Gasteiger partial charge < -0.3 is 15.7 Å². The molecule has 3 N–H and O–H groups in total. The van der Waals surface area contributed by atoms with Crippen molar-refractivity contribution in [3.8, 4) is 0 Å². The lowest BCUT2D eigenvalue weighted by Gasteiger charge is -2.11. The predicted molar refractivity (Wildman–Crippen MR) is 93.6 cm³/mol. The van der Waals surface area contributed by atoms with Crippen LogP contribution in [0.2, 0.25) is 0 Å². The van der Waals surface area contributed by atoms with Crippen molar-refractivity contribution in [2.75, 3.05) is 6.54 Å². The van der Waals surface area contributed by atoms with E-state index in [1.54, 1.807) is 30.3 Å². The van der Waals surface area contributed by atoms with Crippen molar-refractivity contribution < 1.29 is 19.5 Å². The largest absolute Gasteiger partial charge is 0.481 e. The summed E-state index contributed by atoms with van der Waals surface area (Å²) in [5, 5.41) is 16.5. The zero-order chi connectivity index (χ0) is 17.9. The number of carbonyl (C=O) groups is 3. The van der Waals surface area contributed by atoms with Crippen LogP contribution >= 0.6 is 11.3 Å². The molecular weight excluding hydrogens is 340 g/mol. The molecule has 0 atom stereocenters. The molecule has 0 unspecified atom stereocenters. The Bertz CT molecular complexity index is 780. The number of aliphatic carboxylic acids is 1. The van der Waals surface area contributed by atoms with Crippen molar-refractivity contribution in [2.45, 2.75) is 19.4 Å². The van der Waals surface area contributed by atoms with Gasteiger partial charge >= 0.3 is 5.97 Å². The predicted octanol–water partition coefficient (Wildman–Crippen LogP) is 2.27. The van der Waals surface area contributed by atoms with Gasteiger partial charge in [0, 0.05) is 18.7 Å². The van der Waals surface area contributed by atoms with Crippen LogP contribution in [0.25, 0.3) is 0 Å². The van der Waals surface area contributed by atoms with E-state index in [1.807, 2.05) is 11.4 Å². The fourth-order valence-electron chi connectivity index (χ4n) is 2.42. The summed E-state index contributed by atoms with van der Waals surface area (Å²) in [5.41, 5.74) is 0.571. The maximum Gasteiger partial charge on any atom is 0.311 e. The zero-order valence-electron chi connectivity index (χ0n) is 13.5. The molecule has 1 aliphatic rings. The lowest BCUT2D eigenvalue weighted by Crippen LogP contribution is -2.34. The number of carboxylic acid groups (broad SMARTS) is 1. The molecule has 0 radical (unpaired) electrons. The normalized spacial score (nSPS) is 14.6. The van der Waals surface area contributed by atoms with Gasteiger partial charge in [-0.1, -0.05) is 18.2 Å². The van der Waals surface area contributed by atoms with Gasteiger partial charge in [-0.2, -0.15) is 0 Å². The third kappa shape index (κ3) is 4.06. The van der Waals surface area contributed by atoms with E-state index in [2.05, 4.69) is 10.6 Å². The molecule has 1 aliphatic carbocycles. The Morgan fingerprint density at radius 1 is 1.04 bits per heavy atom. The van der Waals surface area contributed by atoms with Crippen LogP contribution in [-0.4, -0.2) is 29.4 Å². The summed E-state index contributed by atoms with van der Waals surface area (Å²) in [6.07, 6.45) is 1.21. The van der Waals surface area contributed by atoms with E-state index in [-0.39, 0.29) is 18.4 Å². The van der Waals surface area contributed by atoms with Gasteiger partial charge in [0.25, 0.3) is 11.8 Å². The van der Waals surface area contributed by atoms with Crippen LogP contribution in [-0.2, 0) is 11.3 Å². The van der Waals surface area contributed by atoms with Gasteiger partial charge in [0.1, 0.15) is 0 Å². The van der Waals surface area contributed by atoms with Crippen LogP contribution in [0, 0.1) is 5.41 Å². The Morgan fingerprint density at radius 2 is 1.76 bits per heavy atom. The van der Waals surface area contributed by atoms with E-state index in [4.69, 9.17) is 5.11 Å². The number of amides is 2. The summed E-state index contributed by atoms with van der Waals surface area (Å²) in [4.78, 5) is 35.7. The summed E-state index contributed by atoms with van der Waals surface area (Å²) in [5.74, 6) is -1.27. The first-order valence-electron chi connectivity index (χ1n) is 7.92. The number of nitrogens with one attached hydrogen (secondary N) is 2. The van der Waals surface area contributed by atoms with E-state index >= 15 is 0 Å². The number of hydrogen-bond acceptors (Lipinski definition) is 4. The Kier molecular flexibility index (Phi) is 4.85. The van der Waals surface area contributed by atoms with E-state index in [1.165, 1.54) is 11.3 Å². The SMILES string of the molecule is O=C(NCC1(C(=O)O)CC1)c1ccc(CNC(=O)c2cccs2)cc1. The maximum absolute atomic E-state index is 12.1. The average molecular weight is 358 g/mol. The lowest BCUT2D eigenvalue weighted by molar-refractivity contribution is -0.143. The van der Waals surface area contributed by atoms with E-state index in [9.17, 15) is 14.4 Å². The summed E-state index contributed by atoms with van der Waals surface area (Å²) >= 11 is 1.38. The second-order valence-corrected chi connectivity index (χ2v) is 7.07. The van der Waals surface area contributed by atoms with Crippen molar-refractivity contribution in [1.82, 2.24) is 10.6 Å². The Hall–Kier alpha value is -2.67. The minimum atomic E-state index is -0.857. The van der Waals surface area contributed by atoms with E-state index in [0.29, 0.717) is 29.8 Å². The van der Waals surface area contributed by atoms with Crippen molar-refractivity contribution in [3.63, 3.8) is 0 Å². The number of carboxylic acids is 1. The first-order valence-corrected chi connectivity index (χ1v) is 8.80. The number of carbonyl (C=O) groups excluding carboxylic acids is 2. The first kappa shape index (κ1) is 17.2. The molecule has 0 bridgehead atoms. The van der Waals surface area contributed by atoms with Crippen LogP contribution in [0.3, 0.4) is 0 Å². The van der Waals surface area contributed by atoms with Gasteiger partial charge in [-0.25, -0.2) is 0 Å². The van der Waals surface area contributed by atoms with E-state index in [0.717, 1.165) is 5.56 Å². The average Bonchev–Trinajstić information content (AvgIpc) is 3.22. The standard InChI is InChI=1S/C18H18N2O4S/c21-15(20-11-18(7-8-18)17(23)24)13-5-3-12(4-6-13)10-19-16(22)14-2-1-9-25-14/h1-6,9H,7-8,10-11H2,(H,19,22)(H,20,21)(H,23,24). The highest BCUT2D eigenvalue weighted by Gasteiger charge is 2.50. The summed E-state index contributed by atoms with van der Waals surface area (Å²) in [6, 6.07) is 10.5. The molecule has 1 aromatic carbocycles. The third-order valence-corrected chi connectivity index (χ3v) is 5.18. The molecule has 1 heterocycles. The summed E-state index contributed by atoms with van der Waals surface area (Å²) in [7, 11) is 0. The Balaban J connectivity index is 1.50. The van der Waals surface area contributed by atoms with Crippen molar-refractivity contribution in [1.29, 1.82) is 0 Å². The molecule has 1 fully saturated rings. The molecule has 25 heavy (non-hydrogen) atoms. The molecule has 130 valence electrons. The van der Waals surface area contributed by atoms with Crippen molar-refractivity contribution >= 4 is 29.1 Å². The number of hydrogen-bond donors (Lipinski definition) is 3. The van der Waals surface area contributed by atoms with Gasteiger partial charge in [0.05, 0.1) is 10.3 Å². The summed E-state index contributed by atoms with van der Waals surface area (Å²) in [6.45, 7) is 0.528. The number of thiophene rings is 1. The second kappa shape index (κ2) is 7.06. The number of benzene rings is 1. The third-order valence-electron chi connectivity index (χ3n) is 4.31. The molecule has 0 aliphatic heterocycles. The topological polar surface area (TPSA) is 95.5 Å². The van der Waals surface area contributed by atoms with Gasteiger partial charge in [-0.3, -0.25) is 14.4 Å².